The molecule has 0 N–H and O–H groups in total. The summed E-state index contributed by atoms with van der Waals surface area (Å²) in [7, 11) is 0. The molecule has 0 fully saturated rings. The van der Waals surface area contributed by atoms with E-state index in [1.807, 2.05) is 68.1 Å². The Bertz CT molecular complexity index is 2390. The van der Waals surface area contributed by atoms with Gasteiger partial charge in [0.05, 0.1) is 16.8 Å². The minimum atomic E-state index is -0.658. The summed E-state index contributed by atoms with van der Waals surface area (Å²) < 4.78 is 32.9. The van der Waals surface area contributed by atoms with Crippen LogP contribution in [-0.4, -0.2) is 5.54 Å². The normalized spacial score (nSPS) is 13.5. The minimum absolute atomic E-state index is 0.327. The molecule has 0 radical (unpaired) electrons. The first kappa shape index (κ1) is 30.3. The second-order valence-corrected chi connectivity index (χ2v) is 14.3. The molecule has 0 amide bonds. The highest BCUT2D eigenvalue weighted by Gasteiger charge is 2.52. The molecule has 3 heteroatoms. The zero-order valence-electron chi connectivity index (χ0n) is 28.2. The predicted octanol–water partition coefficient (Wildman–Crippen LogP) is 12.6. The SMILES string of the molecule is CC(C)(C)N(c1ccccc1F)c1cc(-c2cccc3c2C2(c4ccccc4-c4ccccc42)c2ccccc2-3)cc(-c2ccccc2)c1F. The van der Waals surface area contributed by atoms with Gasteiger partial charge in [0.25, 0.3) is 0 Å². The van der Waals surface area contributed by atoms with E-state index < -0.39 is 16.8 Å². The Balaban J connectivity index is 1.41. The third kappa shape index (κ3) is 4.23. The number of para-hydroxylation sites is 1. The number of anilines is 2. The van der Waals surface area contributed by atoms with Gasteiger partial charge in [0.2, 0.25) is 0 Å². The number of benzene rings is 7. The van der Waals surface area contributed by atoms with Crippen LogP contribution < -0.4 is 4.90 Å². The second-order valence-electron chi connectivity index (χ2n) is 14.3. The van der Waals surface area contributed by atoms with E-state index in [0.717, 1.165) is 16.7 Å². The van der Waals surface area contributed by atoms with Gasteiger partial charge in [-0.15, -0.1) is 0 Å². The van der Waals surface area contributed by atoms with Crippen molar-refractivity contribution in [2.24, 2.45) is 0 Å². The molecule has 1 nitrogen and oxygen atoms in total. The maximum absolute atomic E-state index is 17.3. The lowest BCUT2D eigenvalue weighted by Crippen LogP contribution is -2.38. The van der Waals surface area contributed by atoms with Crippen LogP contribution >= 0.6 is 0 Å². The van der Waals surface area contributed by atoms with Crippen molar-refractivity contribution in [2.75, 3.05) is 4.90 Å². The fourth-order valence-corrected chi connectivity index (χ4v) is 8.64. The van der Waals surface area contributed by atoms with Gasteiger partial charge in [-0.3, -0.25) is 0 Å². The van der Waals surface area contributed by atoms with Gasteiger partial charge in [-0.1, -0.05) is 133 Å². The van der Waals surface area contributed by atoms with E-state index in [9.17, 15) is 0 Å². The Morgan fingerprint density at radius 2 is 0.940 bits per heavy atom. The topological polar surface area (TPSA) is 3.24 Å². The number of hydrogen-bond donors (Lipinski definition) is 0. The van der Waals surface area contributed by atoms with Gasteiger partial charge in [-0.25, -0.2) is 8.78 Å². The van der Waals surface area contributed by atoms with Gasteiger partial charge in [0.15, 0.2) is 5.82 Å². The molecular formula is C47H35F2N. The molecule has 0 aromatic heterocycles. The zero-order chi connectivity index (χ0) is 34.2. The highest BCUT2D eigenvalue weighted by atomic mass is 19.1. The molecule has 2 aliphatic carbocycles. The Hall–Kier alpha value is -5.80. The smallest absolute Gasteiger partial charge is 0.154 e. The average molecular weight is 652 g/mol. The van der Waals surface area contributed by atoms with Crippen molar-refractivity contribution in [1.29, 1.82) is 0 Å². The molecule has 0 aliphatic heterocycles. The molecule has 0 saturated carbocycles. The molecule has 0 atom stereocenters. The largest absolute Gasteiger partial charge is 0.331 e. The average Bonchev–Trinajstić information content (AvgIpc) is 3.61. The molecule has 7 aromatic carbocycles. The van der Waals surface area contributed by atoms with Gasteiger partial charge in [0, 0.05) is 11.1 Å². The Morgan fingerprint density at radius 1 is 0.440 bits per heavy atom. The van der Waals surface area contributed by atoms with Crippen LogP contribution in [0.5, 0.6) is 0 Å². The molecule has 7 aromatic rings. The molecular weight excluding hydrogens is 617 g/mol. The van der Waals surface area contributed by atoms with Crippen LogP contribution in [-0.2, 0) is 5.41 Å². The van der Waals surface area contributed by atoms with Crippen molar-refractivity contribution in [3.8, 4) is 44.5 Å². The van der Waals surface area contributed by atoms with Crippen molar-refractivity contribution in [1.82, 2.24) is 0 Å². The summed E-state index contributed by atoms with van der Waals surface area (Å²) in [5.74, 6) is -0.789. The summed E-state index contributed by atoms with van der Waals surface area (Å²) in [6.45, 7) is 5.98. The van der Waals surface area contributed by atoms with E-state index in [-0.39, 0.29) is 5.82 Å². The molecule has 0 heterocycles. The van der Waals surface area contributed by atoms with Gasteiger partial charge in [-0.05, 0) is 106 Å². The van der Waals surface area contributed by atoms with E-state index >= 15 is 8.78 Å². The van der Waals surface area contributed by atoms with Crippen molar-refractivity contribution in [3.05, 3.63) is 192 Å². The molecule has 2 aliphatic rings. The van der Waals surface area contributed by atoms with Gasteiger partial charge in [0.1, 0.15) is 5.82 Å². The van der Waals surface area contributed by atoms with Crippen LogP contribution in [0.1, 0.15) is 43.0 Å². The Labute approximate surface area is 292 Å². The van der Waals surface area contributed by atoms with Crippen molar-refractivity contribution in [2.45, 2.75) is 31.7 Å². The number of hydrogen-bond acceptors (Lipinski definition) is 1. The molecule has 0 saturated heterocycles. The van der Waals surface area contributed by atoms with E-state index in [4.69, 9.17) is 0 Å². The quantitative estimate of drug-likeness (QED) is 0.183. The van der Waals surface area contributed by atoms with Crippen LogP contribution in [0.4, 0.5) is 20.2 Å². The Morgan fingerprint density at radius 3 is 1.54 bits per heavy atom. The maximum Gasteiger partial charge on any atom is 0.154 e. The number of nitrogens with zero attached hydrogens (tertiary/aromatic N) is 1. The zero-order valence-corrected chi connectivity index (χ0v) is 28.2. The summed E-state index contributed by atoms with van der Waals surface area (Å²) in [6, 6.07) is 52.9. The lowest BCUT2D eigenvalue weighted by molar-refractivity contribution is 0.527. The first-order valence-corrected chi connectivity index (χ1v) is 17.2. The lowest BCUT2D eigenvalue weighted by Gasteiger charge is -2.39. The van der Waals surface area contributed by atoms with E-state index in [1.54, 1.807) is 18.2 Å². The summed E-state index contributed by atoms with van der Waals surface area (Å²) in [5.41, 5.74) is 12.3. The van der Waals surface area contributed by atoms with Crippen LogP contribution in [0, 0.1) is 11.6 Å². The van der Waals surface area contributed by atoms with Gasteiger partial charge in [-0.2, -0.15) is 0 Å². The fourth-order valence-electron chi connectivity index (χ4n) is 8.64. The third-order valence-electron chi connectivity index (χ3n) is 10.5. The van der Waals surface area contributed by atoms with Crippen LogP contribution in [0.25, 0.3) is 44.5 Å². The molecule has 0 bridgehead atoms. The number of halogens is 2. The summed E-state index contributed by atoms with van der Waals surface area (Å²) >= 11 is 0. The highest BCUT2D eigenvalue weighted by Crippen LogP contribution is 2.64. The maximum atomic E-state index is 17.3. The molecule has 9 rings (SSSR count). The standard InChI is InChI=1S/C47H35F2N/c1-46(2,3)50(42-27-14-13-26-41(42)48)43-29-31(28-37(45(43)49)30-16-5-4-6-17-30)32-21-15-22-36-35-20-9-12-25-40(35)47(44(32)36)38-23-10-7-18-33(38)34-19-8-11-24-39(34)47/h4-29H,1-3H3. The Kier molecular flexibility index (Phi) is 6.73. The van der Waals surface area contributed by atoms with Crippen LogP contribution in [0.3, 0.4) is 0 Å². The molecule has 0 unspecified atom stereocenters. The lowest BCUT2D eigenvalue weighted by atomic mass is 9.68. The summed E-state index contributed by atoms with van der Waals surface area (Å²) in [6.07, 6.45) is 0. The number of rotatable bonds is 4. The molecule has 242 valence electrons. The van der Waals surface area contributed by atoms with Crippen molar-refractivity contribution < 1.29 is 8.78 Å². The van der Waals surface area contributed by atoms with Crippen LogP contribution in [0.2, 0.25) is 0 Å². The minimum Gasteiger partial charge on any atom is -0.331 e. The predicted molar refractivity (Wildman–Crippen MR) is 202 cm³/mol. The number of fused-ring (bicyclic) bond motifs is 10. The van der Waals surface area contributed by atoms with Crippen LogP contribution in [0.15, 0.2) is 158 Å². The molecule has 50 heavy (non-hydrogen) atoms. The van der Waals surface area contributed by atoms with Crippen molar-refractivity contribution >= 4 is 11.4 Å². The second kappa shape index (κ2) is 11.1. The van der Waals surface area contributed by atoms with E-state index in [2.05, 4.69) is 91.0 Å². The highest BCUT2D eigenvalue weighted by molar-refractivity contribution is 5.99. The van der Waals surface area contributed by atoms with Gasteiger partial charge >= 0.3 is 0 Å². The van der Waals surface area contributed by atoms with Gasteiger partial charge < -0.3 is 4.90 Å². The monoisotopic (exact) mass is 651 g/mol. The first-order valence-electron chi connectivity index (χ1n) is 17.2. The summed E-state index contributed by atoms with van der Waals surface area (Å²) in [5, 5.41) is 0. The first-order chi connectivity index (χ1) is 24.3. The third-order valence-corrected chi connectivity index (χ3v) is 10.5. The van der Waals surface area contributed by atoms with E-state index in [1.165, 1.54) is 50.6 Å². The van der Waals surface area contributed by atoms with Crippen molar-refractivity contribution in [3.63, 3.8) is 0 Å². The summed E-state index contributed by atoms with van der Waals surface area (Å²) in [4.78, 5) is 1.81. The fraction of sp³-hybridized carbons (Fsp3) is 0.106. The van der Waals surface area contributed by atoms with E-state index in [0.29, 0.717) is 16.9 Å². The molecule has 1 spiro atoms.